The summed E-state index contributed by atoms with van der Waals surface area (Å²) in [6, 6.07) is 5.10. The largest absolute Gasteiger partial charge is 0.497 e. The number of amides is 1. The van der Waals surface area contributed by atoms with Gasteiger partial charge < -0.3 is 14.8 Å². The highest BCUT2D eigenvalue weighted by Gasteiger charge is 2.12. The molecular weight excluding hydrogens is 272 g/mol. The second-order valence-electron chi connectivity index (χ2n) is 4.36. The number of carbonyl (C=O) groups excluding carboxylic acids is 1. The Hall–Kier alpha value is -2.57. The van der Waals surface area contributed by atoms with Gasteiger partial charge in [0.2, 0.25) is 0 Å². The van der Waals surface area contributed by atoms with Crippen molar-refractivity contribution in [2.75, 3.05) is 20.8 Å². The van der Waals surface area contributed by atoms with Crippen molar-refractivity contribution in [3.63, 3.8) is 0 Å². The molecule has 2 aromatic rings. The molecular formula is C14H18N4O3. The second kappa shape index (κ2) is 7.28. The van der Waals surface area contributed by atoms with Crippen LogP contribution >= 0.6 is 0 Å². The molecule has 0 saturated carbocycles. The molecule has 21 heavy (non-hydrogen) atoms. The Morgan fingerprint density at radius 2 is 2.19 bits per heavy atom. The summed E-state index contributed by atoms with van der Waals surface area (Å²) in [5.74, 6) is 1.77. The van der Waals surface area contributed by atoms with Gasteiger partial charge in [-0.2, -0.15) is 5.10 Å². The first-order valence-electron chi connectivity index (χ1n) is 6.59. The maximum absolute atomic E-state index is 12.1. The summed E-state index contributed by atoms with van der Waals surface area (Å²) in [5.41, 5.74) is 0.484. The van der Waals surface area contributed by atoms with E-state index in [9.17, 15) is 4.79 Å². The van der Waals surface area contributed by atoms with Crippen molar-refractivity contribution in [2.45, 2.75) is 12.8 Å². The molecule has 112 valence electrons. The molecule has 0 radical (unpaired) electrons. The van der Waals surface area contributed by atoms with E-state index in [-0.39, 0.29) is 5.91 Å². The highest BCUT2D eigenvalue weighted by Crippen LogP contribution is 2.24. The minimum atomic E-state index is -0.174. The number of aryl methyl sites for hydroxylation is 1. The second-order valence-corrected chi connectivity index (χ2v) is 4.36. The van der Waals surface area contributed by atoms with Crippen molar-refractivity contribution in [3.05, 3.63) is 35.9 Å². The van der Waals surface area contributed by atoms with Crippen LogP contribution < -0.4 is 14.8 Å². The third-order valence-electron chi connectivity index (χ3n) is 2.99. The smallest absolute Gasteiger partial charge is 0.255 e. The number of benzene rings is 1. The molecule has 0 fully saturated rings. The average Bonchev–Trinajstić information content (AvgIpc) is 3.04. The molecule has 0 aliphatic carbocycles. The van der Waals surface area contributed by atoms with Crippen LogP contribution in [0.3, 0.4) is 0 Å². The maximum atomic E-state index is 12.1. The zero-order valence-corrected chi connectivity index (χ0v) is 12.0. The van der Waals surface area contributed by atoms with Gasteiger partial charge in [0.25, 0.3) is 5.91 Å². The number of carbonyl (C=O) groups is 1. The van der Waals surface area contributed by atoms with Gasteiger partial charge in [-0.3, -0.25) is 9.89 Å². The standard InChI is InChI=1S/C14H18N4O3/c1-20-10-5-6-11(12(8-10)21-2)14(19)15-7-3-4-13-16-9-17-18-13/h5-6,8-9H,3-4,7H2,1-2H3,(H,15,19)(H,16,17,18). The van der Waals surface area contributed by atoms with E-state index < -0.39 is 0 Å². The number of hydrogen-bond donors (Lipinski definition) is 2. The lowest BCUT2D eigenvalue weighted by Crippen LogP contribution is -2.25. The summed E-state index contributed by atoms with van der Waals surface area (Å²) >= 11 is 0. The van der Waals surface area contributed by atoms with Crippen LogP contribution in [0, 0.1) is 0 Å². The summed E-state index contributed by atoms with van der Waals surface area (Å²) < 4.78 is 10.3. The Bertz CT molecular complexity index is 584. The fourth-order valence-corrected chi connectivity index (χ4v) is 1.89. The van der Waals surface area contributed by atoms with Gasteiger partial charge in [0, 0.05) is 19.0 Å². The predicted octanol–water partition coefficient (Wildman–Crippen LogP) is 1.18. The first-order chi connectivity index (χ1) is 10.2. The molecule has 0 unspecified atom stereocenters. The van der Waals surface area contributed by atoms with Gasteiger partial charge in [-0.05, 0) is 18.6 Å². The number of H-pyrrole nitrogens is 1. The predicted molar refractivity (Wildman–Crippen MR) is 76.6 cm³/mol. The Morgan fingerprint density at radius 1 is 1.33 bits per heavy atom. The Labute approximate surface area is 122 Å². The average molecular weight is 290 g/mol. The first kappa shape index (κ1) is 14.8. The molecule has 1 heterocycles. The molecule has 0 saturated heterocycles. The van der Waals surface area contributed by atoms with E-state index in [2.05, 4.69) is 20.5 Å². The summed E-state index contributed by atoms with van der Waals surface area (Å²) in [6.07, 6.45) is 2.98. The van der Waals surface area contributed by atoms with Crippen molar-refractivity contribution in [2.24, 2.45) is 0 Å². The third kappa shape index (κ3) is 3.95. The van der Waals surface area contributed by atoms with Crippen LogP contribution in [0.15, 0.2) is 24.5 Å². The SMILES string of the molecule is COc1ccc(C(=O)NCCCc2ncn[nH]2)c(OC)c1. The number of nitrogens with zero attached hydrogens (tertiary/aromatic N) is 2. The highest BCUT2D eigenvalue weighted by atomic mass is 16.5. The lowest BCUT2D eigenvalue weighted by molar-refractivity contribution is 0.0950. The van der Waals surface area contributed by atoms with Gasteiger partial charge >= 0.3 is 0 Å². The van der Waals surface area contributed by atoms with E-state index >= 15 is 0 Å². The van der Waals surface area contributed by atoms with Crippen molar-refractivity contribution in [1.82, 2.24) is 20.5 Å². The Morgan fingerprint density at radius 3 is 2.86 bits per heavy atom. The minimum absolute atomic E-state index is 0.174. The molecule has 0 aliphatic rings. The molecule has 2 rings (SSSR count). The third-order valence-corrected chi connectivity index (χ3v) is 2.99. The van der Waals surface area contributed by atoms with Crippen LogP contribution in [-0.2, 0) is 6.42 Å². The molecule has 1 aromatic carbocycles. The van der Waals surface area contributed by atoms with Crippen LogP contribution in [-0.4, -0.2) is 41.9 Å². The molecule has 7 heteroatoms. The highest BCUT2D eigenvalue weighted by molar-refractivity contribution is 5.97. The molecule has 0 aliphatic heterocycles. The van der Waals surface area contributed by atoms with Crippen LogP contribution in [0.5, 0.6) is 11.5 Å². The summed E-state index contributed by atoms with van der Waals surface area (Å²) in [6.45, 7) is 0.550. The summed E-state index contributed by atoms with van der Waals surface area (Å²) in [4.78, 5) is 16.1. The van der Waals surface area contributed by atoms with Gasteiger partial charge in [-0.15, -0.1) is 0 Å². The quantitative estimate of drug-likeness (QED) is 0.748. The number of ether oxygens (including phenoxy) is 2. The van der Waals surface area contributed by atoms with E-state index in [4.69, 9.17) is 9.47 Å². The topological polar surface area (TPSA) is 89.1 Å². The number of hydrogen-bond acceptors (Lipinski definition) is 5. The van der Waals surface area contributed by atoms with Crippen molar-refractivity contribution in [1.29, 1.82) is 0 Å². The van der Waals surface area contributed by atoms with Gasteiger partial charge in [0.15, 0.2) is 0 Å². The number of aromatic nitrogens is 3. The molecule has 7 nitrogen and oxygen atoms in total. The monoisotopic (exact) mass is 290 g/mol. The van der Waals surface area contributed by atoms with Crippen LogP contribution in [0.2, 0.25) is 0 Å². The zero-order valence-electron chi connectivity index (χ0n) is 12.0. The Balaban J connectivity index is 1.87. The summed E-state index contributed by atoms with van der Waals surface area (Å²) in [7, 11) is 3.09. The molecule has 1 aromatic heterocycles. The first-order valence-corrected chi connectivity index (χ1v) is 6.59. The van der Waals surface area contributed by atoms with E-state index in [1.54, 1.807) is 25.3 Å². The van der Waals surface area contributed by atoms with Gasteiger partial charge in [-0.25, -0.2) is 4.98 Å². The normalized spacial score (nSPS) is 10.2. The molecule has 1 amide bonds. The molecule has 0 atom stereocenters. The number of aromatic amines is 1. The van der Waals surface area contributed by atoms with Crippen LogP contribution in [0.25, 0.3) is 0 Å². The van der Waals surface area contributed by atoms with Crippen molar-refractivity contribution >= 4 is 5.91 Å². The number of nitrogens with one attached hydrogen (secondary N) is 2. The number of methoxy groups -OCH3 is 2. The van der Waals surface area contributed by atoms with Gasteiger partial charge in [-0.1, -0.05) is 0 Å². The van der Waals surface area contributed by atoms with Crippen molar-refractivity contribution in [3.8, 4) is 11.5 Å². The molecule has 0 bridgehead atoms. The summed E-state index contributed by atoms with van der Waals surface area (Å²) in [5, 5.41) is 9.40. The van der Waals surface area contributed by atoms with Crippen LogP contribution in [0.1, 0.15) is 22.6 Å². The lowest BCUT2D eigenvalue weighted by Gasteiger charge is -2.10. The fraction of sp³-hybridized carbons (Fsp3) is 0.357. The Kier molecular flexibility index (Phi) is 5.14. The maximum Gasteiger partial charge on any atom is 0.255 e. The lowest BCUT2D eigenvalue weighted by atomic mass is 10.1. The zero-order chi connectivity index (χ0) is 15.1. The van der Waals surface area contributed by atoms with E-state index in [1.807, 2.05) is 0 Å². The van der Waals surface area contributed by atoms with Gasteiger partial charge in [0.1, 0.15) is 23.7 Å². The molecule has 2 N–H and O–H groups in total. The van der Waals surface area contributed by atoms with Crippen LogP contribution in [0.4, 0.5) is 0 Å². The van der Waals surface area contributed by atoms with E-state index in [0.29, 0.717) is 23.6 Å². The van der Waals surface area contributed by atoms with E-state index in [1.165, 1.54) is 13.4 Å². The van der Waals surface area contributed by atoms with Gasteiger partial charge in [0.05, 0.1) is 19.8 Å². The minimum Gasteiger partial charge on any atom is -0.497 e. The molecule has 0 spiro atoms. The van der Waals surface area contributed by atoms with Crippen molar-refractivity contribution < 1.29 is 14.3 Å². The number of rotatable bonds is 7. The van der Waals surface area contributed by atoms with E-state index in [0.717, 1.165) is 18.7 Å². The fourth-order valence-electron chi connectivity index (χ4n) is 1.89.